The zero-order chi connectivity index (χ0) is 14.5. The Balaban J connectivity index is 2.95. The van der Waals surface area contributed by atoms with E-state index in [1.807, 2.05) is 13.8 Å². The molecule has 1 aliphatic rings. The molecule has 0 saturated carbocycles. The molecule has 0 spiro atoms. The first kappa shape index (κ1) is 16.0. The van der Waals surface area contributed by atoms with Gasteiger partial charge in [0.05, 0.1) is 6.10 Å². The molecule has 0 aromatic carbocycles. The van der Waals surface area contributed by atoms with E-state index in [1.165, 1.54) is 0 Å². The van der Waals surface area contributed by atoms with E-state index in [4.69, 9.17) is 9.47 Å². The summed E-state index contributed by atoms with van der Waals surface area (Å²) >= 11 is 0. The van der Waals surface area contributed by atoms with Crippen LogP contribution >= 0.6 is 0 Å². The molecule has 19 heavy (non-hydrogen) atoms. The van der Waals surface area contributed by atoms with Crippen LogP contribution in [-0.2, 0) is 19.1 Å². The van der Waals surface area contributed by atoms with Crippen molar-refractivity contribution in [2.24, 2.45) is 0 Å². The zero-order valence-corrected chi connectivity index (χ0v) is 12.4. The van der Waals surface area contributed by atoms with Gasteiger partial charge >= 0.3 is 5.97 Å². The number of hydrogen-bond donors (Lipinski definition) is 0. The molecular formula is C14H25NO4. The molecule has 1 heterocycles. The number of carbonyl (C=O) groups excluding carboxylic acids is 2. The van der Waals surface area contributed by atoms with Crippen LogP contribution in [-0.4, -0.2) is 41.8 Å². The number of amides is 1. The second-order valence-electron chi connectivity index (χ2n) is 5.07. The molecule has 1 amide bonds. The van der Waals surface area contributed by atoms with Gasteiger partial charge in [0.2, 0.25) is 11.6 Å². The molecular weight excluding hydrogens is 246 g/mol. The molecule has 5 heteroatoms. The summed E-state index contributed by atoms with van der Waals surface area (Å²) in [6.07, 6.45) is 2.26. The number of rotatable bonds is 6. The molecule has 0 radical (unpaired) electrons. The van der Waals surface area contributed by atoms with Gasteiger partial charge in [-0.2, -0.15) is 0 Å². The van der Waals surface area contributed by atoms with E-state index in [0.717, 1.165) is 12.8 Å². The first-order valence-electron chi connectivity index (χ1n) is 7.13. The van der Waals surface area contributed by atoms with Gasteiger partial charge in [-0.1, -0.05) is 6.92 Å². The lowest BCUT2D eigenvalue weighted by atomic mass is 10.1. The highest BCUT2D eigenvalue weighted by Gasteiger charge is 2.52. The Morgan fingerprint density at radius 2 is 2.00 bits per heavy atom. The average Bonchev–Trinajstić information content (AvgIpc) is 2.74. The molecule has 0 aromatic rings. The smallest absolute Gasteiger partial charge is 0.360 e. The van der Waals surface area contributed by atoms with Crippen LogP contribution in [0.5, 0.6) is 0 Å². The fourth-order valence-corrected chi connectivity index (χ4v) is 2.43. The van der Waals surface area contributed by atoms with Gasteiger partial charge in [0.15, 0.2) is 0 Å². The second kappa shape index (κ2) is 6.89. The number of likely N-dealkylation sites (tertiary alicyclic amines) is 1. The van der Waals surface area contributed by atoms with E-state index < -0.39 is 11.7 Å². The molecule has 1 atom stereocenters. The molecule has 0 aliphatic carbocycles. The van der Waals surface area contributed by atoms with Crippen LogP contribution < -0.4 is 0 Å². The van der Waals surface area contributed by atoms with Crippen molar-refractivity contribution in [2.45, 2.75) is 65.2 Å². The van der Waals surface area contributed by atoms with Crippen LogP contribution in [0, 0.1) is 0 Å². The normalized spacial score (nSPS) is 22.9. The third-order valence-corrected chi connectivity index (χ3v) is 3.14. The van der Waals surface area contributed by atoms with Crippen LogP contribution in [0.3, 0.4) is 0 Å². The van der Waals surface area contributed by atoms with E-state index >= 15 is 0 Å². The number of esters is 1. The average molecular weight is 271 g/mol. The van der Waals surface area contributed by atoms with Gasteiger partial charge in [-0.05, 0) is 33.6 Å². The van der Waals surface area contributed by atoms with Gasteiger partial charge in [-0.3, -0.25) is 4.79 Å². The SMILES string of the molecule is CCCC(=O)N1CCC[C@@]1(OCC)C(=O)OC(C)C. The van der Waals surface area contributed by atoms with Gasteiger partial charge in [0.1, 0.15) is 0 Å². The van der Waals surface area contributed by atoms with Crippen molar-refractivity contribution in [1.82, 2.24) is 4.90 Å². The lowest BCUT2D eigenvalue weighted by molar-refractivity contribution is -0.201. The highest BCUT2D eigenvalue weighted by Crippen LogP contribution is 2.33. The standard InChI is InChI=1S/C14H25NO4/c1-5-8-12(16)15-10-7-9-14(15,18-6-2)13(17)19-11(3)4/h11H,5-10H2,1-4H3/t14-/m1/s1. The first-order valence-corrected chi connectivity index (χ1v) is 7.13. The number of hydrogen-bond acceptors (Lipinski definition) is 4. The summed E-state index contributed by atoms with van der Waals surface area (Å²) in [5, 5.41) is 0. The maximum Gasteiger partial charge on any atom is 0.360 e. The maximum absolute atomic E-state index is 12.3. The van der Waals surface area contributed by atoms with E-state index in [1.54, 1.807) is 18.7 Å². The van der Waals surface area contributed by atoms with Crippen molar-refractivity contribution < 1.29 is 19.1 Å². The van der Waals surface area contributed by atoms with Gasteiger partial charge in [0, 0.05) is 26.0 Å². The lowest BCUT2D eigenvalue weighted by Gasteiger charge is -2.36. The molecule has 110 valence electrons. The Bertz CT molecular complexity index is 329. The molecule has 1 aliphatic heterocycles. The summed E-state index contributed by atoms with van der Waals surface area (Å²) in [4.78, 5) is 26.1. The van der Waals surface area contributed by atoms with Crippen molar-refractivity contribution in [1.29, 1.82) is 0 Å². The van der Waals surface area contributed by atoms with Gasteiger partial charge in [-0.25, -0.2) is 4.79 Å². The van der Waals surface area contributed by atoms with Gasteiger partial charge in [0.25, 0.3) is 0 Å². The molecule has 0 aromatic heterocycles. The highest BCUT2D eigenvalue weighted by molar-refractivity contribution is 5.87. The Kier molecular flexibility index (Phi) is 5.79. The van der Waals surface area contributed by atoms with Gasteiger partial charge < -0.3 is 14.4 Å². The zero-order valence-electron chi connectivity index (χ0n) is 12.4. The summed E-state index contributed by atoms with van der Waals surface area (Å²) < 4.78 is 11.0. The molecule has 1 saturated heterocycles. The van der Waals surface area contributed by atoms with Crippen molar-refractivity contribution in [3.05, 3.63) is 0 Å². The van der Waals surface area contributed by atoms with Crippen molar-refractivity contribution in [2.75, 3.05) is 13.2 Å². The van der Waals surface area contributed by atoms with E-state index in [-0.39, 0.29) is 12.0 Å². The molecule has 1 rings (SSSR count). The number of ether oxygens (including phenoxy) is 2. The molecule has 0 unspecified atom stereocenters. The van der Waals surface area contributed by atoms with E-state index in [2.05, 4.69) is 0 Å². The summed E-state index contributed by atoms with van der Waals surface area (Å²) in [5.41, 5.74) is -1.20. The fraction of sp³-hybridized carbons (Fsp3) is 0.857. The van der Waals surface area contributed by atoms with Crippen LogP contribution in [0.15, 0.2) is 0 Å². The predicted molar refractivity (Wildman–Crippen MR) is 71.4 cm³/mol. The quantitative estimate of drug-likeness (QED) is 0.694. The van der Waals surface area contributed by atoms with E-state index in [0.29, 0.717) is 26.0 Å². The van der Waals surface area contributed by atoms with Gasteiger partial charge in [-0.15, -0.1) is 0 Å². The summed E-state index contributed by atoms with van der Waals surface area (Å²) in [5.74, 6) is -0.472. The van der Waals surface area contributed by atoms with Crippen LogP contribution in [0.1, 0.15) is 53.4 Å². The first-order chi connectivity index (χ1) is 8.97. The Morgan fingerprint density at radius 3 is 2.53 bits per heavy atom. The third kappa shape index (κ3) is 3.47. The van der Waals surface area contributed by atoms with Crippen molar-refractivity contribution >= 4 is 11.9 Å². The Labute approximate surface area is 115 Å². The topological polar surface area (TPSA) is 55.8 Å². The van der Waals surface area contributed by atoms with E-state index in [9.17, 15) is 9.59 Å². The van der Waals surface area contributed by atoms with Crippen molar-refractivity contribution in [3.63, 3.8) is 0 Å². The minimum Gasteiger partial charge on any atom is -0.459 e. The van der Waals surface area contributed by atoms with Crippen LogP contribution in [0.2, 0.25) is 0 Å². The number of nitrogens with zero attached hydrogens (tertiary/aromatic N) is 1. The fourth-order valence-electron chi connectivity index (χ4n) is 2.43. The largest absolute Gasteiger partial charge is 0.459 e. The summed E-state index contributed by atoms with van der Waals surface area (Å²) in [7, 11) is 0. The number of carbonyl (C=O) groups is 2. The third-order valence-electron chi connectivity index (χ3n) is 3.14. The molecule has 0 N–H and O–H groups in total. The molecule has 1 fully saturated rings. The van der Waals surface area contributed by atoms with Crippen molar-refractivity contribution in [3.8, 4) is 0 Å². The monoisotopic (exact) mass is 271 g/mol. The Hall–Kier alpha value is -1.10. The molecule has 5 nitrogen and oxygen atoms in total. The molecule has 0 bridgehead atoms. The predicted octanol–water partition coefficient (Wildman–Crippen LogP) is 2.09. The second-order valence-corrected chi connectivity index (χ2v) is 5.07. The summed E-state index contributed by atoms with van der Waals surface area (Å²) in [6.45, 7) is 8.30. The lowest BCUT2D eigenvalue weighted by Crippen LogP contribution is -2.56. The van der Waals surface area contributed by atoms with Crippen LogP contribution in [0.25, 0.3) is 0 Å². The Morgan fingerprint density at radius 1 is 1.32 bits per heavy atom. The highest BCUT2D eigenvalue weighted by atomic mass is 16.6. The summed E-state index contributed by atoms with van der Waals surface area (Å²) in [6, 6.07) is 0. The van der Waals surface area contributed by atoms with Crippen LogP contribution in [0.4, 0.5) is 0 Å². The minimum absolute atomic E-state index is 0.0332. The maximum atomic E-state index is 12.3. The minimum atomic E-state index is -1.20.